The molecule has 1 saturated carbocycles. The van der Waals surface area contributed by atoms with Crippen LogP contribution in [0.5, 0.6) is 0 Å². The number of nitrogens with one attached hydrogen (secondary N) is 1. The topological polar surface area (TPSA) is 46.2 Å². The van der Waals surface area contributed by atoms with Gasteiger partial charge in [0.1, 0.15) is 0 Å². The SMILES string of the molecule is CNS(=O)(=O)CCC1CCCCC1. The van der Waals surface area contributed by atoms with Crippen LogP contribution in [0.2, 0.25) is 0 Å². The molecular formula is C9H19NO2S. The first kappa shape index (κ1) is 11.0. The van der Waals surface area contributed by atoms with Gasteiger partial charge in [-0.05, 0) is 19.4 Å². The van der Waals surface area contributed by atoms with Crippen LogP contribution in [0.3, 0.4) is 0 Å². The lowest BCUT2D eigenvalue weighted by Crippen LogP contribution is -2.24. The van der Waals surface area contributed by atoms with Crippen molar-refractivity contribution in [1.29, 1.82) is 0 Å². The summed E-state index contributed by atoms with van der Waals surface area (Å²) in [5.41, 5.74) is 0. The van der Waals surface area contributed by atoms with Crippen LogP contribution in [-0.2, 0) is 10.0 Å². The third-order valence-corrected chi connectivity index (χ3v) is 4.23. The number of hydrogen-bond donors (Lipinski definition) is 1. The zero-order chi connectivity index (χ0) is 9.73. The average molecular weight is 205 g/mol. The van der Waals surface area contributed by atoms with Gasteiger partial charge in [-0.2, -0.15) is 0 Å². The van der Waals surface area contributed by atoms with Gasteiger partial charge in [-0.1, -0.05) is 32.1 Å². The summed E-state index contributed by atoms with van der Waals surface area (Å²) in [5.74, 6) is 0.950. The highest BCUT2D eigenvalue weighted by molar-refractivity contribution is 7.89. The summed E-state index contributed by atoms with van der Waals surface area (Å²) in [5, 5.41) is 0. The van der Waals surface area contributed by atoms with E-state index in [9.17, 15) is 8.42 Å². The van der Waals surface area contributed by atoms with E-state index in [4.69, 9.17) is 0 Å². The fraction of sp³-hybridized carbons (Fsp3) is 1.00. The van der Waals surface area contributed by atoms with Gasteiger partial charge in [0.15, 0.2) is 0 Å². The lowest BCUT2D eigenvalue weighted by molar-refractivity contribution is 0.349. The highest BCUT2D eigenvalue weighted by Crippen LogP contribution is 2.26. The Bertz CT molecular complexity index is 230. The normalized spacial score (nSPS) is 20.4. The van der Waals surface area contributed by atoms with Crippen LogP contribution in [0.15, 0.2) is 0 Å². The van der Waals surface area contributed by atoms with Crippen LogP contribution >= 0.6 is 0 Å². The smallest absolute Gasteiger partial charge is 0.211 e. The largest absolute Gasteiger partial charge is 0.218 e. The van der Waals surface area contributed by atoms with E-state index in [1.54, 1.807) is 0 Å². The minimum absolute atomic E-state index is 0.300. The minimum atomic E-state index is -2.97. The zero-order valence-corrected chi connectivity index (χ0v) is 9.07. The molecule has 4 heteroatoms. The van der Waals surface area contributed by atoms with Crippen LogP contribution in [-0.4, -0.2) is 21.2 Å². The standard InChI is InChI=1S/C9H19NO2S/c1-10-13(11,12)8-7-9-5-3-2-4-6-9/h9-10H,2-8H2,1H3. The second-order valence-electron chi connectivity index (χ2n) is 3.82. The molecule has 3 nitrogen and oxygen atoms in total. The third-order valence-electron chi connectivity index (χ3n) is 2.83. The predicted molar refractivity (Wildman–Crippen MR) is 54.0 cm³/mol. The fourth-order valence-corrected chi connectivity index (χ4v) is 2.75. The summed E-state index contributed by atoms with van der Waals surface area (Å²) in [6, 6.07) is 0. The minimum Gasteiger partial charge on any atom is -0.218 e. The molecule has 0 saturated heterocycles. The van der Waals surface area contributed by atoms with Gasteiger partial charge >= 0.3 is 0 Å². The second kappa shape index (κ2) is 4.96. The summed E-state index contributed by atoms with van der Waals surface area (Å²) in [4.78, 5) is 0. The van der Waals surface area contributed by atoms with Crippen LogP contribution in [0.25, 0.3) is 0 Å². The van der Waals surface area contributed by atoms with Gasteiger partial charge in [-0.25, -0.2) is 13.1 Å². The number of sulfonamides is 1. The Labute approximate surface area is 81.0 Å². The van der Waals surface area contributed by atoms with E-state index in [1.807, 2.05) is 0 Å². The van der Waals surface area contributed by atoms with Crippen molar-refractivity contribution >= 4 is 10.0 Å². The van der Waals surface area contributed by atoms with Gasteiger partial charge < -0.3 is 0 Å². The molecule has 0 amide bonds. The highest BCUT2D eigenvalue weighted by atomic mass is 32.2. The summed E-state index contributed by atoms with van der Waals surface area (Å²) < 4.78 is 24.6. The lowest BCUT2D eigenvalue weighted by atomic mass is 9.88. The molecule has 0 aromatic carbocycles. The molecule has 1 aliphatic carbocycles. The Balaban J connectivity index is 2.25. The van der Waals surface area contributed by atoms with Crippen LogP contribution < -0.4 is 4.72 Å². The van der Waals surface area contributed by atoms with E-state index in [0.29, 0.717) is 11.7 Å². The molecule has 1 N–H and O–H groups in total. The van der Waals surface area contributed by atoms with Gasteiger partial charge in [0.05, 0.1) is 5.75 Å². The number of hydrogen-bond acceptors (Lipinski definition) is 2. The van der Waals surface area contributed by atoms with Crippen molar-refractivity contribution in [2.45, 2.75) is 38.5 Å². The summed E-state index contributed by atoms with van der Waals surface area (Å²) in [6.45, 7) is 0. The van der Waals surface area contributed by atoms with E-state index in [1.165, 1.54) is 39.2 Å². The lowest BCUT2D eigenvalue weighted by Gasteiger charge is -2.20. The Kier molecular flexibility index (Phi) is 4.19. The molecule has 0 aromatic rings. The summed E-state index contributed by atoms with van der Waals surface area (Å²) in [6.07, 6.45) is 7.17. The molecular weight excluding hydrogens is 186 g/mol. The summed E-state index contributed by atoms with van der Waals surface area (Å²) >= 11 is 0. The molecule has 0 unspecified atom stereocenters. The van der Waals surface area contributed by atoms with E-state index in [2.05, 4.69) is 4.72 Å². The molecule has 13 heavy (non-hydrogen) atoms. The molecule has 1 fully saturated rings. The van der Waals surface area contributed by atoms with Crippen molar-refractivity contribution in [2.75, 3.05) is 12.8 Å². The molecule has 0 bridgehead atoms. The first-order valence-corrected chi connectivity index (χ1v) is 6.70. The van der Waals surface area contributed by atoms with Gasteiger partial charge in [0, 0.05) is 0 Å². The molecule has 1 rings (SSSR count). The molecule has 1 aliphatic rings. The van der Waals surface area contributed by atoms with Crippen molar-refractivity contribution in [2.24, 2.45) is 5.92 Å². The molecule has 0 spiro atoms. The quantitative estimate of drug-likeness (QED) is 0.756. The molecule has 0 aliphatic heterocycles. The van der Waals surface area contributed by atoms with Gasteiger partial charge in [0.2, 0.25) is 10.0 Å². The van der Waals surface area contributed by atoms with Crippen LogP contribution in [0.4, 0.5) is 0 Å². The molecule has 78 valence electrons. The van der Waals surface area contributed by atoms with Crippen molar-refractivity contribution in [3.8, 4) is 0 Å². The van der Waals surface area contributed by atoms with E-state index < -0.39 is 10.0 Å². The van der Waals surface area contributed by atoms with Crippen LogP contribution in [0.1, 0.15) is 38.5 Å². The molecule has 0 atom stereocenters. The monoisotopic (exact) mass is 205 g/mol. The fourth-order valence-electron chi connectivity index (χ4n) is 1.90. The first-order chi connectivity index (χ1) is 6.14. The Morgan fingerprint density at radius 2 is 1.85 bits per heavy atom. The predicted octanol–water partition coefficient (Wildman–Crippen LogP) is 1.51. The van der Waals surface area contributed by atoms with Gasteiger partial charge in [0.25, 0.3) is 0 Å². The Morgan fingerprint density at radius 3 is 2.38 bits per heavy atom. The molecule has 0 heterocycles. The van der Waals surface area contributed by atoms with Gasteiger partial charge in [-0.3, -0.25) is 0 Å². The van der Waals surface area contributed by atoms with Gasteiger partial charge in [-0.15, -0.1) is 0 Å². The average Bonchev–Trinajstić information content (AvgIpc) is 2.17. The molecule has 0 radical (unpaired) electrons. The zero-order valence-electron chi connectivity index (χ0n) is 8.25. The maximum Gasteiger partial charge on any atom is 0.211 e. The van der Waals surface area contributed by atoms with Crippen LogP contribution in [0, 0.1) is 5.92 Å². The van der Waals surface area contributed by atoms with Crippen molar-refractivity contribution in [3.05, 3.63) is 0 Å². The maximum atomic E-state index is 11.1. The van der Waals surface area contributed by atoms with E-state index in [0.717, 1.165) is 6.42 Å². The second-order valence-corrected chi connectivity index (χ2v) is 5.86. The van der Waals surface area contributed by atoms with Crippen molar-refractivity contribution in [3.63, 3.8) is 0 Å². The number of rotatable bonds is 4. The van der Waals surface area contributed by atoms with Crippen molar-refractivity contribution < 1.29 is 8.42 Å². The third kappa shape index (κ3) is 4.09. The molecule has 0 aromatic heterocycles. The maximum absolute atomic E-state index is 11.1. The Morgan fingerprint density at radius 1 is 1.23 bits per heavy atom. The van der Waals surface area contributed by atoms with E-state index in [-0.39, 0.29) is 0 Å². The van der Waals surface area contributed by atoms with E-state index >= 15 is 0 Å². The van der Waals surface area contributed by atoms with Crippen molar-refractivity contribution in [1.82, 2.24) is 4.72 Å². The Hall–Kier alpha value is -0.0900. The highest BCUT2D eigenvalue weighted by Gasteiger charge is 2.16. The first-order valence-electron chi connectivity index (χ1n) is 5.05. The summed E-state index contributed by atoms with van der Waals surface area (Å²) in [7, 11) is -1.49.